The van der Waals surface area contributed by atoms with Crippen molar-refractivity contribution in [2.75, 3.05) is 22.9 Å². The van der Waals surface area contributed by atoms with E-state index in [1.165, 1.54) is 0 Å². The van der Waals surface area contributed by atoms with Gasteiger partial charge in [-0.15, -0.1) is 0 Å². The quantitative estimate of drug-likeness (QED) is 0.478. The first-order chi connectivity index (χ1) is 7.99. The minimum atomic E-state index is -0.448. The average molecular weight is 239 g/mol. The molecule has 0 amide bonds. The molecule has 94 valence electrons. The van der Waals surface area contributed by atoms with Crippen molar-refractivity contribution in [2.24, 2.45) is 5.92 Å². The van der Waals surface area contributed by atoms with E-state index >= 15 is 0 Å². The minimum absolute atomic E-state index is 0.0194. The molecule has 3 atom stereocenters. The molecule has 1 unspecified atom stereocenters. The van der Waals surface area contributed by atoms with Crippen LogP contribution < -0.4 is 21.9 Å². The van der Waals surface area contributed by atoms with Crippen molar-refractivity contribution in [3.63, 3.8) is 0 Å². The Morgan fingerprint density at radius 3 is 2.88 bits per heavy atom. The van der Waals surface area contributed by atoms with E-state index in [2.05, 4.69) is 20.6 Å². The van der Waals surface area contributed by atoms with Gasteiger partial charge in [-0.05, 0) is 6.92 Å². The molecular weight excluding hydrogens is 222 g/mol. The third-order valence-electron chi connectivity index (χ3n) is 3.15. The van der Waals surface area contributed by atoms with Crippen molar-refractivity contribution < 1.29 is 5.11 Å². The van der Waals surface area contributed by atoms with Crippen LogP contribution in [0.15, 0.2) is 4.79 Å². The zero-order valence-corrected chi connectivity index (χ0v) is 9.82. The van der Waals surface area contributed by atoms with Crippen molar-refractivity contribution in [2.45, 2.75) is 26.0 Å². The lowest BCUT2D eigenvalue weighted by Gasteiger charge is -2.32. The molecule has 1 aromatic rings. The summed E-state index contributed by atoms with van der Waals surface area (Å²) in [5.74, 6) is 0.568. The third-order valence-corrected chi connectivity index (χ3v) is 3.15. The topological polar surface area (TPSA) is 116 Å². The Kier molecular flexibility index (Phi) is 2.93. The number of fused-ring (bicyclic) bond motifs is 1. The molecule has 6 N–H and O–H groups in total. The second kappa shape index (κ2) is 4.25. The minimum Gasteiger partial charge on any atom is -0.393 e. The zero-order valence-electron chi connectivity index (χ0n) is 9.82. The highest BCUT2D eigenvalue weighted by Crippen LogP contribution is 2.23. The average Bonchev–Trinajstić information content (AvgIpc) is 2.27. The highest BCUT2D eigenvalue weighted by atomic mass is 16.3. The molecule has 1 aliphatic heterocycles. The monoisotopic (exact) mass is 239 g/mol. The molecule has 0 spiro atoms. The molecule has 1 aliphatic rings. The van der Waals surface area contributed by atoms with Crippen LogP contribution in [-0.4, -0.2) is 33.8 Å². The zero-order chi connectivity index (χ0) is 12.6. The predicted molar refractivity (Wildman–Crippen MR) is 66.0 cm³/mol. The van der Waals surface area contributed by atoms with Crippen LogP contribution in [0.1, 0.15) is 13.8 Å². The molecule has 17 heavy (non-hydrogen) atoms. The lowest BCUT2D eigenvalue weighted by Crippen LogP contribution is -2.44. The number of aromatic nitrogens is 2. The molecule has 0 radical (unpaired) electrons. The van der Waals surface area contributed by atoms with Crippen LogP contribution in [0.3, 0.4) is 0 Å². The number of nitrogen functional groups attached to an aromatic ring is 1. The van der Waals surface area contributed by atoms with E-state index in [9.17, 15) is 9.90 Å². The number of hydrogen-bond donors (Lipinski definition) is 5. The molecule has 7 heteroatoms. The van der Waals surface area contributed by atoms with E-state index in [0.29, 0.717) is 18.1 Å². The van der Waals surface area contributed by atoms with Gasteiger partial charge in [-0.25, -0.2) is 0 Å². The molecule has 0 aromatic carbocycles. The van der Waals surface area contributed by atoms with Gasteiger partial charge in [0.2, 0.25) is 5.95 Å². The number of H-pyrrole nitrogens is 1. The van der Waals surface area contributed by atoms with Crippen LogP contribution in [0, 0.1) is 5.92 Å². The Morgan fingerprint density at radius 1 is 1.53 bits per heavy atom. The summed E-state index contributed by atoms with van der Waals surface area (Å²) in [5, 5.41) is 15.7. The SMILES string of the molecule is C[C@H](O)[C@H](C)C1CNc2nc(N)[nH]c(=O)c2N1. The van der Waals surface area contributed by atoms with Gasteiger partial charge in [0.25, 0.3) is 5.56 Å². The Labute approximate surface area is 98.4 Å². The number of nitrogens with zero attached hydrogens (tertiary/aromatic N) is 1. The van der Waals surface area contributed by atoms with E-state index in [4.69, 9.17) is 5.73 Å². The molecule has 2 heterocycles. The Morgan fingerprint density at radius 2 is 2.24 bits per heavy atom. The molecule has 1 aromatic heterocycles. The lowest BCUT2D eigenvalue weighted by atomic mass is 9.95. The standard InChI is InChI=1S/C10H17N5O2/c1-4(5(2)16)6-3-12-8-7(13-6)9(17)15-10(11)14-8/h4-6,13,16H,3H2,1-2H3,(H4,11,12,14,15,17)/t4-,5-,6?/m0/s1. The Balaban J connectivity index is 2.27. The van der Waals surface area contributed by atoms with Gasteiger partial charge in [0.15, 0.2) is 5.82 Å². The van der Waals surface area contributed by atoms with Crippen molar-refractivity contribution in [3.8, 4) is 0 Å². The van der Waals surface area contributed by atoms with Crippen molar-refractivity contribution >= 4 is 17.5 Å². The summed E-state index contributed by atoms with van der Waals surface area (Å²) in [7, 11) is 0. The molecule has 0 saturated heterocycles. The lowest BCUT2D eigenvalue weighted by molar-refractivity contribution is 0.125. The van der Waals surface area contributed by atoms with E-state index in [-0.39, 0.29) is 23.5 Å². The highest BCUT2D eigenvalue weighted by molar-refractivity contribution is 5.67. The molecule has 0 aliphatic carbocycles. The van der Waals surface area contributed by atoms with Gasteiger partial charge in [-0.3, -0.25) is 9.78 Å². The fourth-order valence-corrected chi connectivity index (χ4v) is 1.85. The summed E-state index contributed by atoms with van der Waals surface area (Å²) in [6, 6.07) is -0.0194. The number of aliphatic hydroxyl groups is 1. The summed E-state index contributed by atoms with van der Waals surface area (Å²) < 4.78 is 0. The number of nitrogens with two attached hydrogens (primary N) is 1. The first-order valence-electron chi connectivity index (χ1n) is 5.57. The summed E-state index contributed by atoms with van der Waals surface area (Å²) in [6.45, 7) is 4.25. The fourth-order valence-electron chi connectivity index (χ4n) is 1.85. The first kappa shape index (κ1) is 11.7. The van der Waals surface area contributed by atoms with Gasteiger partial charge in [0, 0.05) is 18.5 Å². The van der Waals surface area contributed by atoms with Crippen LogP contribution in [-0.2, 0) is 0 Å². The number of nitrogens with one attached hydrogen (secondary N) is 3. The Hall–Kier alpha value is -1.76. The molecule has 2 rings (SSSR count). The second-order valence-corrected chi connectivity index (χ2v) is 4.41. The highest BCUT2D eigenvalue weighted by Gasteiger charge is 2.27. The van der Waals surface area contributed by atoms with Gasteiger partial charge < -0.3 is 21.5 Å². The number of aliphatic hydroxyl groups excluding tert-OH is 1. The largest absolute Gasteiger partial charge is 0.393 e. The van der Waals surface area contributed by atoms with Crippen LogP contribution in [0.5, 0.6) is 0 Å². The molecule has 0 bridgehead atoms. The van der Waals surface area contributed by atoms with Crippen LogP contribution in [0.2, 0.25) is 0 Å². The number of anilines is 3. The van der Waals surface area contributed by atoms with Gasteiger partial charge in [0.05, 0.1) is 6.10 Å². The molecule has 7 nitrogen and oxygen atoms in total. The second-order valence-electron chi connectivity index (χ2n) is 4.41. The van der Waals surface area contributed by atoms with Crippen molar-refractivity contribution in [3.05, 3.63) is 10.4 Å². The number of aromatic amines is 1. The summed E-state index contributed by atoms with van der Waals surface area (Å²) in [4.78, 5) is 18.1. The maximum atomic E-state index is 11.7. The van der Waals surface area contributed by atoms with Gasteiger partial charge in [-0.2, -0.15) is 4.98 Å². The predicted octanol–water partition coefficient (Wildman–Crippen LogP) is -0.425. The van der Waals surface area contributed by atoms with E-state index in [1.54, 1.807) is 6.92 Å². The van der Waals surface area contributed by atoms with Gasteiger partial charge in [0.1, 0.15) is 5.69 Å². The van der Waals surface area contributed by atoms with E-state index in [0.717, 1.165) is 0 Å². The van der Waals surface area contributed by atoms with E-state index < -0.39 is 6.10 Å². The summed E-state index contributed by atoms with van der Waals surface area (Å²) >= 11 is 0. The summed E-state index contributed by atoms with van der Waals surface area (Å²) in [5.41, 5.74) is 5.53. The summed E-state index contributed by atoms with van der Waals surface area (Å²) in [6.07, 6.45) is -0.448. The van der Waals surface area contributed by atoms with Gasteiger partial charge >= 0.3 is 0 Å². The van der Waals surface area contributed by atoms with Crippen molar-refractivity contribution in [1.29, 1.82) is 0 Å². The molecular formula is C10H17N5O2. The first-order valence-corrected chi connectivity index (χ1v) is 5.57. The van der Waals surface area contributed by atoms with Crippen LogP contribution in [0.4, 0.5) is 17.5 Å². The van der Waals surface area contributed by atoms with Crippen LogP contribution in [0.25, 0.3) is 0 Å². The van der Waals surface area contributed by atoms with Crippen LogP contribution >= 0.6 is 0 Å². The normalized spacial score (nSPS) is 21.9. The molecule has 0 fully saturated rings. The van der Waals surface area contributed by atoms with E-state index in [1.807, 2.05) is 6.92 Å². The van der Waals surface area contributed by atoms with Crippen molar-refractivity contribution in [1.82, 2.24) is 9.97 Å². The smallest absolute Gasteiger partial charge is 0.277 e. The number of hydrogen-bond acceptors (Lipinski definition) is 6. The maximum Gasteiger partial charge on any atom is 0.277 e. The fraction of sp³-hybridized carbons (Fsp3) is 0.600. The van der Waals surface area contributed by atoms with Gasteiger partial charge in [-0.1, -0.05) is 6.92 Å². The maximum absolute atomic E-state index is 11.7. The third kappa shape index (κ3) is 2.19. The molecule has 0 saturated carbocycles. The Bertz CT molecular complexity index is 470. The number of rotatable bonds is 2.